The van der Waals surface area contributed by atoms with Crippen LogP contribution in [0, 0.1) is 16.0 Å². The van der Waals surface area contributed by atoms with E-state index < -0.39 is 14.9 Å². The zero-order valence-electron chi connectivity index (χ0n) is 11.1. The molecule has 0 aliphatic heterocycles. The number of hydrogen-bond donors (Lipinski definition) is 0. The minimum absolute atomic E-state index is 0.0662. The molecule has 1 saturated carbocycles. The highest BCUT2D eigenvalue weighted by molar-refractivity contribution is 7.91. The molecule has 6 nitrogen and oxygen atoms in total. The first-order valence-corrected chi connectivity index (χ1v) is 8.82. The molecule has 0 atom stereocenters. The summed E-state index contributed by atoms with van der Waals surface area (Å²) in [5.74, 6) is 0.401. The van der Waals surface area contributed by atoms with Crippen molar-refractivity contribution in [2.24, 2.45) is 5.92 Å². The van der Waals surface area contributed by atoms with Crippen molar-refractivity contribution < 1.29 is 13.3 Å². The lowest BCUT2D eigenvalue weighted by molar-refractivity contribution is -0.384. The third-order valence-corrected chi connectivity index (χ3v) is 6.95. The minimum atomic E-state index is -3.73. The first kappa shape index (κ1) is 15.7. The van der Waals surface area contributed by atoms with Gasteiger partial charge in [-0.05, 0) is 32.6 Å². The second kappa shape index (κ2) is 5.59. The summed E-state index contributed by atoms with van der Waals surface area (Å²) in [5.41, 5.74) is -0.356. The number of nitrogens with zero attached hydrogens (tertiary/aromatic N) is 2. The third-order valence-electron chi connectivity index (χ3n) is 3.12. The topological polar surface area (TPSA) is 80.5 Å². The smallest absolute Gasteiger partial charge is 0.258 e. The highest BCUT2D eigenvalue weighted by Crippen LogP contribution is 2.39. The monoisotopic (exact) mass is 338 g/mol. The van der Waals surface area contributed by atoms with Crippen LogP contribution < -0.4 is 0 Å². The molecule has 0 aromatic carbocycles. The van der Waals surface area contributed by atoms with Gasteiger partial charge in [0.1, 0.15) is 4.21 Å². The fourth-order valence-electron chi connectivity index (χ4n) is 1.85. The molecule has 1 aliphatic carbocycles. The molecule has 112 valence electrons. The Balaban J connectivity index is 2.36. The number of hydrogen-bond acceptors (Lipinski definition) is 5. The second-order valence-electron chi connectivity index (χ2n) is 5.09. The first-order chi connectivity index (χ1) is 9.23. The summed E-state index contributed by atoms with van der Waals surface area (Å²) in [4.78, 5) is 10.1. The molecule has 1 fully saturated rings. The van der Waals surface area contributed by atoms with Gasteiger partial charge in [-0.15, -0.1) is 11.3 Å². The van der Waals surface area contributed by atoms with E-state index in [1.54, 1.807) is 13.8 Å². The van der Waals surface area contributed by atoms with Crippen molar-refractivity contribution >= 4 is 38.6 Å². The Kier molecular flexibility index (Phi) is 4.38. The summed E-state index contributed by atoms with van der Waals surface area (Å²) in [6.45, 7) is 4.05. The molecule has 2 rings (SSSR count). The van der Waals surface area contributed by atoms with E-state index in [1.165, 1.54) is 4.31 Å². The van der Waals surface area contributed by atoms with E-state index >= 15 is 0 Å². The molecule has 9 heteroatoms. The van der Waals surface area contributed by atoms with Crippen LogP contribution in [0.2, 0.25) is 4.34 Å². The standard InChI is InChI=1S/C11H15ClN2O4S2/c1-7(2)13(6-8-3-4-8)20(17,18)10-5-9(14(15)16)11(12)19-10/h5,7-8H,3-4,6H2,1-2H3. The quantitative estimate of drug-likeness (QED) is 0.589. The van der Waals surface area contributed by atoms with Crippen molar-refractivity contribution in [2.45, 2.75) is 36.9 Å². The zero-order chi connectivity index (χ0) is 15.1. The third kappa shape index (κ3) is 3.13. The van der Waals surface area contributed by atoms with Gasteiger partial charge in [-0.2, -0.15) is 4.31 Å². The van der Waals surface area contributed by atoms with E-state index in [-0.39, 0.29) is 20.3 Å². The largest absolute Gasteiger partial charge is 0.300 e. The predicted molar refractivity (Wildman–Crippen MR) is 77.7 cm³/mol. The highest BCUT2D eigenvalue weighted by atomic mass is 35.5. The predicted octanol–water partition coefficient (Wildman–Crippen LogP) is 3.12. The molecule has 1 heterocycles. The van der Waals surface area contributed by atoms with Crippen molar-refractivity contribution in [1.82, 2.24) is 4.31 Å². The summed E-state index contributed by atoms with van der Waals surface area (Å²) in [5, 5.41) is 10.8. The molecular weight excluding hydrogens is 324 g/mol. The number of rotatable bonds is 6. The van der Waals surface area contributed by atoms with E-state index in [4.69, 9.17) is 11.6 Å². The number of nitro groups is 1. The molecule has 0 spiro atoms. The van der Waals surface area contributed by atoms with Gasteiger partial charge < -0.3 is 0 Å². The fraction of sp³-hybridized carbons (Fsp3) is 0.636. The number of thiophene rings is 1. The Morgan fingerprint density at radius 3 is 2.55 bits per heavy atom. The van der Waals surface area contributed by atoms with E-state index in [0.717, 1.165) is 30.2 Å². The first-order valence-electron chi connectivity index (χ1n) is 6.19. The Labute approximate surface area is 126 Å². The van der Waals surface area contributed by atoms with Gasteiger partial charge in [0.2, 0.25) is 0 Å². The Morgan fingerprint density at radius 1 is 1.55 bits per heavy atom. The van der Waals surface area contributed by atoms with Crippen molar-refractivity contribution in [1.29, 1.82) is 0 Å². The average Bonchev–Trinajstić information content (AvgIpc) is 3.06. The van der Waals surface area contributed by atoms with Crippen LogP contribution in [0.1, 0.15) is 26.7 Å². The van der Waals surface area contributed by atoms with Crippen LogP contribution in [-0.4, -0.2) is 30.2 Å². The normalized spacial score (nSPS) is 16.1. The molecule has 1 aromatic rings. The molecular formula is C11H15ClN2O4S2. The Morgan fingerprint density at radius 2 is 2.15 bits per heavy atom. The average molecular weight is 339 g/mol. The summed E-state index contributed by atoms with van der Waals surface area (Å²) in [6, 6.07) is 0.852. The van der Waals surface area contributed by atoms with Crippen LogP contribution >= 0.6 is 22.9 Å². The molecule has 0 N–H and O–H groups in total. The van der Waals surface area contributed by atoms with Crippen LogP contribution in [0.3, 0.4) is 0 Å². The summed E-state index contributed by atoms with van der Waals surface area (Å²) >= 11 is 6.48. The molecule has 0 amide bonds. The molecule has 1 aromatic heterocycles. The van der Waals surface area contributed by atoms with Gasteiger partial charge >= 0.3 is 0 Å². The van der Waals surface area contributed by atoms with Crippen LogP contribution in [0.4, 0.5) is 5.69 Å². The summed E-state index contributed by atoms with van der Waals surface area (Å²) in [7, 11) is -3.73. The fourth-order valence-corrected chi connectivity index (χ4v) is 5.35. The van der Waals surface area contributed by atoms with Gasteiger partial charge in [0.25, 0.3) is 15.7 Å². The zero-order valence-corrected chi connectivity index (χ0v) is 13.5. The minimum Gasteiger partial charge on any atom is -0.258 e. The van der Waals surface area contributed by atoms with E-state index in [0.29, 0.717) is 12.5 Å². The van der Waals surface area contributed by atoms with E-state index in [9.17, 15) is 18.5 Å². The van der Waals surface area contributed by atoms with Gasteiger partial charge in [-0.25, -0.2) is 8.42 Å². The van der Waals surface area contributed by atoms with Gasteiger partial charge in [-0.3, -0.25) is 10.1 Å². The Bertz CT molecular complexity index is 622. The number of sulfonamides is 1. The lowest BCUT2D eigenvalue weighted by Gasteiger charge is -2.24. The lowest BCUT2D eigenvalue weighted by atomic mass is 10.3. The van der Waals surface area contributed by atoms with Crippen LogP contribution in [0.15, 0.2) is 10.3 Å². The van der Waals surface area contributed by atoms with E-state index in [1.807, 2.05) is 0 Å². The molecule has 1 aliphatic rings. The second-order valence-corrected chi connectivity index (χ2v) is 8.87. The summed E-state index contributed by atoms with van der Waals surface area (Å²) in [6.07, 6.45) is 2.06. The number of halogens is 1. The maximum atomic E-state index is 12.6. The van der Waals surface area contributed by atoms with Crippen LogP contribution in [-0.2, 0) is 10.0 Å². The van der Waals surface area contributed by atoms with Crippen LogP contribution in [0.5, 0.6) is 0 Å². The van der Waals surface area contributed by atoms with Gasteiger partial charge in [0, 0.05) is 18.7 Å². The molecule has 0 saturated heterocycles. The van der Waals surface area contributed by atoms with Crippen molar-refractivity contribution in [2.75, 3.05) is 6.54 Å². The molecule has 20 heavy (non-hydrogen) atoms. The summed E-state index contributed by atoms with van der Waals surface area (Å²) < 4.78 is 26.4. The lowest BCUT2D eigenvalue weighted by Crippen LogP contribution is -2.38. The molecule has 0 radical (unpaired) electrons. The van der Waals surface area contributed by atoms with E-state index in [2.05, 4.69) is 0 Å². The van der Waals surface area contributed by atoms with Crippen molar-refractivity contribution in [3.63, 3.8) is 0 Å². The molecule has 0 unspecified atom stereocenters. The van der Waals surface area contributed by atoms with Gasteiger partial charge in [-0.1, -0.05) is 11.6 Å². The Hall–Kier alpha value is -0.700. The molecule has 0 bridgehead atoms. The SMILES string of the molecule is CC(C)N(CC1CC1)S(=O)(=O)c1cc([N+](=O)[O-])c(Cl)s1. The van der Waals surface area contributed by atoms with Gasteiger partial charge in [0.05, 0.1) is 4.92 Å². The van der Waals surface area contributed by atoms with Gasteiger partial charge in [0.15, 0.2) is 4.34 Å². The van der Waals surface area contributed by atoms with Crippen molar-refractivity contribution in [3.05, 3.63) is 20.5 Å². The van der Waals surface area contributed by atoms with Crippen molar-refractivity contribution in [3.8, 4) is 0 Å². The highest BCUT2D eigenvalue weighted by Gasteiger charge is 2.35. The van der Waals surface area contributed by atoms with Crippen LogP contribution in [0.25, 0.3) is 0 Å². The maximum Gasteiger partial charge on any atom is 0.300 e. The maximum absolute atomic E-state index is 12.6.